The summed E-state index contributed by atoms with van der Waals surface area (Å²) in [4.78, 5) is 9.82. The third-order valence-electron chi connectivity index (χ3n) is 7.36. The van der Waals surface area contributed by atoms with E-state index < -0.39 is 0 Å². The molecule has 0 aliphatic carbocycles. The Morgan fingerprint density at radius 3 is 1.12 bits per heavy atom. The summed E-state index contributed by atoms with van der Waals surface area (Å²) in [6.45, 7) is 4.30. The predicted molar refractivity (Wildman–Crippen MR) is 180 cm³/mol. The molecule has 42 heavy (non-hydrogen) atoms. The van der Waals surface area contributed by atoms with Crippen LogP contribution in [0.1, 0.15) is 11.1 Å². The highest BCUT2D eigenvalue weighted by Gasteiger charge is 2.22. The van der Waals surface area contributed by atoms with Crippen molar-refractivity contribution in [2.24, 2.45) is 0 Å². The van der Waals surface area contributed by atoms with Crippen LogP contribution in [0.15, 0.2) is 165 Å². The Morgan fingerprint density at radius 2 is 0.714 bits per heavy atom. The molecule has 1 aliphatic heterocycles. The highest BCUT2D eigenvalue weighted by molar-refractivity contribution is 8.05. The molecule has 0 saturated heterocycles. The molecule has 6 aromatic rings. The second kappa shape index (κ2) is 11.5. The van der Waals surface area contributed by atoms with Gasteiger partial charge in [0.1, 0.15) is 0 Å². The van der Waals surface area contributed by atoms with E-state index in [9.17, 15) is 0 Å². The van der Waals surface area contributed by atoms with Crippen molar-refractivity contribution >= 4 is 57.6 Å². The summed E-state index contributed by atoms with van der Waals surface area (Å²) in [5.41, 5.74) is 9.44. The van der Waals surface area contributed by atoms with Gasteiger partial charge in [0.25, 0.3) is 0 Å². The molecule has 0 radical (unpaired) electrons. The third kappa shape index (κ3) is 5.32. The summed E-state index contributed by atoms with van der Waals surface area (Å²) in [6.07, 6.45) is 0. The number of hydrogen-bond donors (Lipinski definition) is 0. The van der Waals surface area contributed by atoms with Crippen LogP contribution in [0.4, 0.5) is 34.1 Å². The van der Waals surface area contributed by atoms with E-state index in [-0.39, 0.29) is 0 Å². The van der Waals surface area contributed by atoms with Crippen LogP contribution in [-0.2, 0) is 0 Å². The van der Waals surface area contributed by atoms with Crippen molar-refractivity contribution in [2.45, 2.75) is 33.4 Å². The maximum atomic E-state index is 2.34. The molecule has 0 amide bonds. The molecule has 0 N–H and O–H groups in total. The quantitative estimate of drug-likeness (QED) is 0.193. The van der Waals surface area contributed by atoms with Crippen molar-refractivity contribution in [3.8, 4) is 0 Å². The number of para-hydroxylation sites is 2. The molecule has 0 bridgehead atoms. The van der Waals surface area contributed by atoms with Crippen molar-refractivity contribution in [3.63, 3.8) is 0 Å². The van der Waals surface area contributed by atoms with Crippen LogP contribution in [0.2, 0.25) is 0 Å². The van der Waals surface area contributed by atoms with Crippen molar-refractivity contribution < 1.29 is 0 Å². The Hall–Kier alpha value is -4.38. The first-order chi connectivity index (χ1) is 20.6. The lowest BCUT2D eigenvalue weighted by atomic mass is 10.1. The Bertz CT molecular complexity index is 1730. The first kappa shape index (κ1) is 26.5. The molecule has 204 valence electrons. The lowest BCUT2D eigenvalue weighted by molar-refractivity contribution is 1.13. The van der Waals surface area contributed by atoms with Gasteiger partial charge in [0, 0.05) is 53.7 Å². The summed E-state index contributed by atoms with van der Waals surface area (Å²) in [5.74, 6) is 0. The number of nitrogens with zero attached hydrogens (tertiary/aromatic N) is 2. The monoisotopic (exact) mass is 578 g/mol. The predicted octanol–water partition coefficient (Wildman–Crippen LogP) is 11.9. The van der Waals surface area contributed by atoms with Gasteiger partial charge in [0.05, 0.1) is 0 Å². The number of rotatable bonds is 6. The first-order valence-corrected chi connectivity index (χ1v) is 15.7. The lowest BCUT2D eigenvalue weighted by Gasteiger charge is -2.29. The van der Waals surface area contributed by atoms with Crippen LogP contribution in [0, 0.1) is 13.8 Å². The lowest BCUT2D eigenvalue weighted by Crippen LogP contribution is -2.11. The average molecular weight is 579 g/mol. The van der Waals surface area contributed by atoms with Crippen LogP contribution in [0.3, 0.4) is 0 Å². The maximum Gasteiger partial charge on any atom is 0.0473 e. The fraction of sp³-hybridized carbons (Fsp3) is 0.0526. The zero-order valence-corrected chi connectivity index (χ0v) is 25.2. The van der Waals surface area contributed by atoms with Crippen molar-refractivity contribution in [1.29, 1.82) is 0 Å². The van der Waals surface area contributed by atoms with Gasteiger partial charge in [-0.15, -0.1) is 0 Å². The van der Waals surface area contributed by atoms with Gasteiger partial charge in [-0.1, -0.05) is 84.2 Å². The van der Waals surface area contributed by atoms with Crippen LogP contribution in [-0.4, -0.2) is 0 Å². The molecule has 7 rings (SSSR count). The molecule has 1 aliphatic rings. The Balaban J connectivity index is 1.25. The summed E-state index contributed by atoms with van der Waals surface area (Å²) in [7, 11) is 0. The number of anilines is 6. The largest absolute Gasteiger partial charge is 0.310 e. The van der Waals surface area contributed by atoms with Crippen LogP contribution >= 0.6 is 23.5 Å². The van der Waals surface area contributed by atoms with Crippen molar-refractivity contribution in [2.75, 3.05) is 9.80 Å². The molecule has 0 fully saturated rings. The zero-order chi connectivity index (χ0) is 28.5. The molecule has 0 unspecified atom stereocenters. The highest BCUT2D eigenvalue weighted by atomic mass is 32.2. The third-order valence-corrected chi connectivity index (χ3v) is 9.88. The summed E-state index contributed by atoms with van der Waals surface area (Å²) < 4.78 is 0. The van der Waals surface area contributed by atoms with Crippen molar-refractivity contribution in [1.82, 2.24) is 0 Å². The van der Waals surface area contributed by atoms with Gasteiger partial charge in [-0.05, 0) is 110 Å². The van der Waals surface area contributed by atoms with Gasteiger partial charge in [0.2, 0.25) is 0 Å². The Morgan fingerprint density at radius 1 is 0.333 bits per heavy atom. The normalized spacial score (nSPS) is 11.9. The molecule has 2 nitrogen and oxygen atoms in total. The Labute approximate surface area is 256 Å². The van der Waals surface area contributed by atoms with Crippen LogP contribution in [0.5, 0.6) is 0 Å². The van der Waals surface area contributed by atoms with E-state index >= 15 is 0 Å². The summed E-state index contributed by atoms with van der Waals surface area (Å²) >= 11 is 3.71. The molecule has 4 heteroatoms. The van der Waals surface area contributed by atoms with Crippen LogP contribution in [0.25, 0.3) is 0 Å². The van der Waals surface area contributed by atoms with Gasteiger partial charge in [0.15, 0.2) is 0 Å². The molecule has 0 atom stereocenters. The van der Waals surface area contributed by atoms with Gasteiger partial charge >= 0.3 is 0 Å². The molecule has 0 saturated carbocycles. The Kier molecular flexibility index (Phi) is 7.25. The van der Waals surface area contributed by atoms with Gasteiger partial charge < -0.3 is 9.80 Å². The van der Waals surface area contributed by atoms with Gasteiger partial charge in [-0.3, -0.25) is 0 Å². The smallest absolute Gasteiger partial charge is 0.0473 e. The highest BCUT2D eigenvalue weighted by Crippen LogP contribution is 2.52. The van der Waals surface area contributed by atoms with E-state index in [1.807, 2.05) is 23.5 Å². The molecule has 0 aromatic heterocycles. The van der Waals surface area contributed by atoms with Crippen LogP contribution < -0.4 is 9.80 Å². The summed E-state index contributed by atoms with van der Waals surface area (Å²) in [5, 5.41) is 0. The fourth-order valence-corrected chi connectivity index (χ4v) is 7.68. The molecule has 6 aromatic carbocycles. The molecule has 1 heterocycles. The van der Waals surface area contributed by atoms with E-state index in [1.54, 1.807) is 0 Å². The fourth-order valence-electron chi connectivity index (χ4n) is 5.42. The number of hydrogen-bond acceptors (Lipinski definition) is 4. The minimum atomic E-state index is 1.15. The van der Waals surface area contributed by atoms with Crippen molar-refractivity contribution in [3.05, 3.63) is 157 Å². The first-order valence-electron chi connectivity index (χ1n) is 14.1. The number of aryl methyl sites for hydroxylation is 2. The van der Waals surface area contributed by atoms with E-state index in [1.165, 1.54) is 30.7 Å². The molecular formula is C38H30N2S2. The standard InChI is InChI=1S/C38H30N2S2/c1-27-11-9-17-31(23-27)39(29-13-5-3-6-14-29)33-19-21-35-37(25-33)41-36-22-20-34(26-38(36)42-35)40(30-15-7-4-8-16-30)32-18-10-12-28(2)24-32/h3-26H,1-2H3. The molecular weight excluding hydrogens is 549 g/mol. The second-order valence-corrected chi connectivity index (χ2v) is 12.7. The minimum absolute atomic E-state index is 1.15. The molecule has 0 spiro atoms. The number of fused-ring (bicyclic) bond motifs is 2. The second-order valence-electron chi connectivity index (χ2n) is 10.5. The summed E-state index contributed by atoms with van der Waals surface area (Å²) in [6, 6.07) is 52.4. The average Bonchev–Trinajstić information content (AvgIpc) is 3.01. The van der Waals surface area contributed by atoms with Gasteiger partial charge in [-0.25, -0.2) is 0 Å². The van der Waals surface area contributed by atoms with E-state index in [0.29, 0.717) is 0 Å². The van der Waals surface area contributed by atoms with E-state index in [0.717, 1.165) is 34.1 Å². The topological polar surface area (TPSA) is 6.48 Å². The van der Waals surface area contributed by atoms with Gasteiger partial charge in [-0.2, -0.15) is 0 Å². The SMILES string of the molecule is Cc1cccc(N(c2ccccc2)c2ccc3c(c2)Sc2ccc(N(c4ccccc4)c4cccc(C)c4)cc2S3)c1. The maximum absolute atomic E-state index is 2.34. The zero-order valence-electron chi connectivity index (χ0n) is 23.6. The van der Waals surface area contributed by atoms with E-state index in [2.05, 4.69) is 169 Å². The number of benzene rings is 6. The van der Waals surface area contributed by atoms with E-state index in [4.69, 9.17) is 0 Å². The minimum Gasteiger partial charge on any atom is -0.310 e.